The monoisotopic (exact) mass is 363 g/mol. The van der Waals surface area contributed by atoms with Gasteiger partial charge in [-0.05, 0) is 29.8 Å². The van der Waals surface area contributed by atoms with Crippen LogP contribution in [0.4, 0.5) is 0 Å². The number of fused-ring (bicyclic) bond motifs is 1. The summed E-state index contributed by atoms with van der Waals surface area (Å²) < 4.78 is 0. The zero-order valence-electron chi connectivity index (χ0n) is 12.2. The number of amides is 2. The highest BCUT2D eigenvalue weighted by Gasteiger charge is 2.41. The van der Waals surface area contributed by atoms with Crippen LogP contribution in [0.1, 0.15) is 38.7 Å². The number of rotatable bonds is 4. The Morgan fingerprint density at radius 2 is 1.62 bits per heavy atom. The van der Waals surface area contributed by atoms with Crippen LogP contribution in [0.25, 0.3) is 0 Å². The van der Waals surface area contributed by atoms with E-state index in [1.165, 1.54) is 30.3 Å². The first-order chi connectivity index (χ1) is 11.4. The number of aliphatic carboxylic acids is 1. The van der Waals surface area contributed by atoms with Crippen LogP contribution in [0.3, 0.4) is 0 Å². The van der Waals surface area contributed by atoms with Crippen molar-refractivity contribution in [3.8, 4) is 0 Å². The van der Waals surface area contributed by atoms with E-state index in [9.17, 15) is 19.5 Å². The Morgan fingerprint density at radius 3 is 2.12 bits per heavy atom. The van der Waals surface area contributed by atoms with Gasteiger partial charge in [-0.25, -0.2) is 0 Å². The summed E-state index contributed by atoms with van der Waals surface area (Å²) in [5.74, 6) is -2.22. The molecule has 1 aliphatic rings. The van der Waals surface area contributed by atoms with E-state index in [2.05, 4.69) is 0 Å². The number of carbonyl (C=O) groups is 3. The maximum Gasteiger partial charge on any atom is 0.305 e. The third-order valence-corrected chi connectivity index (χ3v) is 4.39. The normalized spacial score (nSPS) is 14.7. The number of nitrogens with zero attached hydrogens (tertiary/aromatic N) is 1. The number of carboxylic acid groups (broad SMARTS) is 1. The Balaban J connectivity index is 2.09. The minimum atomic E-state index is -1.15. The lowest BCUT2D eigenvalue weighted by molar-refractivity contribution is -0.138. The van der Waals surface area contributed by atoms with Gasteiger partial charge in [0.25, 0.3) is 11.8 Å². The molecule has 0 aliphatic carbocycles. The summed E-state index contributed by atoms with van der Waals surface area (Å²) in [7, 11) is 0. The first-order valence-electron chi connectivity index (χ1n) is 7.04. The fourth-order valence-electron chi connectivity index (χ4n) is 2.77. The average molecular weight is 364 g/mol. The molecule has 1 N–H and O–H groups in total. The minimum absolute atomic E-state index is 0.199. The minimum Gasteiger partial charge on any atom is -0.481 e. The number of carbonyl (C=O) groups excluding carboxylic acids is 2. The van der Waals surface area contributed by atoms with Crippen molar-refractivity contribution in [2.24, 2.45) is 0 Å². The molecule has 1 atom stereocenters. The van der Waals surface area contributed by atoms with Gasteiger partial charge < -0.3 is 5.11 Å². The van der Waals surface area contributed by atoms with Gasteiger partial charge in [-0.2, -0.15) is 0 Å². The van der Waals surface area contributed by atoms with E-state index in [1.807, 2.05) is 0 Å². The molecule has 24 heavy (non-hydrogen) atoms. The quantitative estimate of drug-likeness (QED) is 0.838. The van der Waals surface area contributed by atoms with Crippen LogP contribution >= 0.6 is 23.2 Å². The molecule has 122 valence electrons. The third kappa shape index (κ3) is 2.77. The lowest BCUT2D eigenvalue weighted by Gasteiger charge is -2.26. The van der Waals surface area contributed by atoms with Crippen LogP contribution in [0.5, 0.6) is 0 Å². The molecule has 1 heterocycles. The van der Waals surface area contributed by atoms with Crippen LogP contribution in [0.15, 0.2) is 42.5 Å². The summed E-state index contributed by atoms with van der Waals surface area (Å²) >= 11 is 12.0. The summed E-state index contributed by atoms with van der Waals surface area (Å²) in [4.78, 5) is 37.5. The molecule has 0 bridgehead atoms. The van der Waals surface area contributed by atoms with Crippen molar-refractivity contribution in [3.05, 3.63) is 69.2 Å². The predicted molar refractivity (Wildman–Crippen MR) is 88.4 cm³/mol. The van der Waals surface area contributed by atoms with Gasteiger partial charge in [0.2, 0.25) is 0 Å². The summed E-state index contributed by atoms with van der Waals surface area (Å²) in [6.07, 6.45) is -0.452. The van der Waals surface area contributed by atoms with Crippen molar-refractivity contribution in [2.75, 3.05) is 0 Å². The summed E-state index contributed by atoms with van der Waals surface area (Å²) in [6.45, 7) is 0. The van der Waals surface area contributed by atoms with Crippen molar-refractivity contribution in [1.29, 1.82) is 0 Å². The first-order valence-corrected chi connectivity index (χ1v) is 7.79. The maximum absolute atomic E-state index is 12.6. The number of imide groups is 1. The molecular formula is C17H11Cl2NO4. The lowest BCUT2D eigenvalue weighted by Crippen LogP contribution is -2.35. The van der Waals surface area contributed by atoms with E-state index < -0.39 is 30.2 Å². The molecule has 0 fully saturated rings. The number of halogens is 2. The molecule has 0 spiro atoms. The molecule has 0 saturated heterocycles. The van der Waals surface area contributed by atoms with Crippen LogP contribution in [-0.2, 0) is 4.79 Å². The molecule has 7 heteroatoms. The van der Waals surface area contributed by atoms with Gasteiger partial charge in [0.05, 0.1) is 23.6 Å². The number of benzene rings is 2. The van der Waals surface area contributed by atoms with Crippen LogP contribution in [0.2, 0.25) is 10.0 Å². The Labute approximate surface area is 147 Å². The highest BCUT2D eigenvalue weighted by molar-refractivity contribution is 6.35. The van der Waals surface area contributed by atoms with Crippen LogP contribution in [0, 0.1) is 0 Å². The van der Waals surface area contributed by atoms with Crippen LogP contribution < -0.4 is 0 Å². The molecule has 3 rings (SSSR count). The standard InChI is InChI=1S/C17H11Cl2NO4/c18-9-5-6-12(13(19)7-9)14(8-15(21)22)20-16(23)10-3-1-2-4-11(10)17(20)24/h1-7,14H,8H2,(H,21,22)/t14-/m0/s1. The van der Waals surface area contributed by atoms with E-state index in [0.29, 0.717) is 10.6 Å². The van der Waals surface area contributed by atoms with Gasteiger partial charge in [0.15, 0.2) is 0 Å². The maximum atomic E-state index is 12.6. The van der Waals surface area contributed by atoms with Crippen molar-refractivity contribution in [1.82, 2.24) is 4.90 Å². The molecule has 0 aromatic heterocycles. The Hall–Kier alpha value is -2.37. The number of hydrogen-bond donors (Lipinski definition) is 1. The molecule has 0 unspecified atom stereocenters. The van der Waals surface area contributed by atoms with Crippen molar-refractivity contribution < 1.29 is 19.5 Å². The zero-order chi connectivity index (χ0) is 17.4. The van der Waals surface area contributed by atoms with Gasteiger partial charge in [-0.15, -0.1) is 0 Å². The molecule has 1 aliphatic heterocycles. The van der Waals surface area contributed by atoms with E-state index in [-0.39, 0.29) is 16.1 Å². The zero-order valence-corrected chi connectivity index (χ0v) is 13.7. The van der Waals surface area contributed by atoms with E-state index >= 15 is 0 Å². The van der Waals surface area contributed by atoms with Crippen LogP contribution in [-0.4, -0.2) is 27.8 Å². The summed E-state index contributed by atoms with van der Waals surface area (Å²) in [5.41, 5.74) is 0.865. The Bertz CT molecular complexity index is 830. The number of carboxylic acids is 1. The van der Waals surface area contributed by atoms with Crippen molar-refractivity contribution in [2.45, 2.75) is 12.5 Å². The van der Waals surface area contributed by atoms with E-state index in [4.69, 9.17) is 23.2 Å². The molecular weight excluding hydrogens is 353 g/mol. The lowest BCUT2D eigenvalue weighted by atomic mass is 10.0. The smallest absolute Gasteiger partial charge is 0.305 e. The van der Waals surface area contributed by atoms with Crippen molar-refractivity contribution in [3.63, 3.8) is 0 Å². The van der Waals surface area contributed by atoms with Gasteiger partial charge in [-0.1, -0.05) is 41.4 Å². The Kier molecular flexibility index (Phi) is 4.30. The molecule has 0 saturated carbocycles. The number of hydrogen-bond acceptors (Lipinski definition) is 3. The Morgan fingerprint density at radius 1 is 1.04 bits per heavy atom. The fraction of sp³-hybridized carbons (Fsp3) is 0.118. The van der Waals surface area contributed by atoms with Crippen molar-refractivity contribution >= 4 is 41.0 Å². The third-order valence-electron chi connectivity index (χ3n) is 3.83. The molecule has 2 aromatic rings. The second-order valence-electron chi connectivity index (χ2n) is 5.31. The first kappa shape index (κ1) is 16.5. The SMILES string of the molecule is O=C(O)C[C@@H](c1ccc(Cl)cc1Cl)N1C(=O)c2ccccc2C1=O. The molecule has 2 aromatic carbocycles. The molecule has 2 amide bonds. The average Bonchev–Trinajstić information content (AvgIpc) is 2.77. The summed E-state index contributed by atoms with van der Waals surface area (Å²) in [6, 6.07) is 9.88. The molecule has 5 nitrogen and oxygen atoms in total. The van der Waals surface area contributed by atoms with Gasteiger partial charge in [0, 0.05) is 10.0 Å². The molecule has 0 radical (unpaired) electrons. The predicted octanol–water partition coefficient (Wildman–Crippen LogP) is 3.81. The summed E-state index contributed by atoms with van der Waals surface area (Å²) in [5, 5.41) is 9.80. The van der Waals surface area contributed by atoms with E-state index in [0.717, 1.165) is 4.90 Å². The second kappa shape index (κ2) is 6.26. The highest BCUT2D eigenvalue weighted by atomic mass is 35.5. The van der Waals surface area contributed by atoms with Gasteiger partial charge in [0.1, 0.15) is 0 Å². The largest absolute Gasteiger partial charge is 0.481 e. The van der Waals surface area contributed by atoms with Gasteiger partial charge >= 0.3 is 5.97 Å². The fourth-order valence-corrected chi connectivity index (χ4v) is 3.30. The van der Waals surface area contributed by atoms with E-state index in [1.54, 1.807) is 12.1 Å². The second-order valence-corrected chi connectivity index (χ2v) is 6.15. The van der Waals surface area contributed by atoms with Gasteiger partial charge in [-0.3, -0.25) is 19.3 Å². The topological polar surface area (TPSA) is 74.7 Å². The highest BCUT2D eigenvalue weighted by Crippen LogP contribution is 2.37.